The summed E-state index contributed by atoms with van der Waals surface area (Å²) in [5, 5.41) is 10.2. The second-order valence-corrected chi connectivity index (χ2v) is 7.02. The predicted molar refractivity (Wildman–Crippen MR) is 74.4 cm³/mol. The van der Waals surface area contributed by atoms with Gasteiger partial charge in [-0.3, -0.25) is 0 Å². The summed E-state index contributed by atoms with van der Waals surface area (Å²) in [6, 6.07) is 9.89. The van der Waals surface area contributed by atoms with E-state index in [1.807, 2.05) is 37.3 Å². The van der Waals surface area contributed by atoms with Crippen LogP contribution in [0.5, 0.6) is 0 Å². The van der Waals surface area contributed by atoms with E-state index >= 15 is 0 Å². The van der Waals surface area contributed by atoms with Crippen molar-refractivity contribution in [2.45, 2.75) is 38.2 Å². The van der Waals surface area contributed by atoms with E-state index in [9.17, 15) is 13.5 Å². The molecule has 4 heteroatoms. The van der Waals surface area contributed by atoms with Gasteiger partial charge in [0.1, 0.15) is 9.84 Å². The number of hydrogen-bond donors (Lipinski definition) is 1. The monoisotopic (exact) mass is 270 g/mol. The van der Waals surface area contributed by atoms with Crippen molar-refractivity contribution < 1.29 is 13.5 Å². The summed E-state index contributed by atoms with van der Waals surface area (Å²) in [6.07, 6.45) is 2.65. The van der Waals surface area contributed by atoms with Crippen LogP contribution < -0.4 is 0 Å². The number of rotatable bonds is 7. The van der Waals surface area contributed by atoms with Gasteiger partial charge in [-0.05, 0) is 24.8 Å². The van der Waals surface area contributed by atoms with E-state index in [0.29, 0.717) is 12.8 Å². The zero-order valence-corrected chi connectivity index (χ0v) is 11.9. The maximum absolute atomic E-state index is 11.0. The molecule has 18 heavy (non-hydrogen) atoms. The third-order valence-electron chi connectivity index (χ3n) is 3.15. The van der Waals surface area contributed by atoms with Gasteiger partial charge in [-0.1, -0.05) is 37.3 Å². The molecule has 0 fully saturated rings. The van der Waals surface area contributed by atoms with Gasteiger partial charge in [0.2, 0.25) is 0 Å². The maximum atomic E-state index is 11.0. The molecule has 102 valence electrons. The van der Waals surface area contributed by atoms with E-state index in [-0.39, 0.29) is 11.7 Å². The Morgan fingerprint density at radius 2 is 1.83 bits per heavy atom. The smallest absolute Gasteiger partial charge is 0.147 e. The van der Waals surface area contributed by atoms with Gasteiger partial charge >= 0.3 is 0 Å². The highest BCUT2D eigenvalue weighted by Crippen LogP contribution is 2.25. The van der Waals surface area contributed by atoms with Gasteiger partial charge in [-0.25, -0.2) is 8.42 Å². The highest BCUT2D eigenvalue weighted by atomic mass is 32.2. The van der Waals surface area contributed by atoms with Crippen LogP contribution in [0.3, 0.4) is 0 Å². The van der Waals surface area contributed by atoms with Gasteiger partial charge in [0.05, 0.1) is 6.10 Å². The molecule has 1 rings (SSSR count). The van der Waals surface area contributed by atoms with Crippen molar-refractivity contribution in [1.82, 2.24) is 0 Å². The molecule has 1 aromatic rings. The molecule has 0 saturated heterocycles. The van der Waals surface area contributed by atoms with Crippen LogP contribution >= 0.6 is 0 Å². The van der Waals surface area contributed by atoms with Gasteiger partial charge in [0, 0.05) is 17.9 Å². The molecule has 3 nitrogen and oxygen atoms in total. The summed E-state index contributed by atoms with van der Waals surface area (Å²) in [6.45, 7) is 2.04. The summed E-state index contributed by atoms with van der Waals surface area (Å²) in [5.41, 5.74) is 1.12. The Balaban J connectivity index is 2.56. The van der Waals surface area contributed by atoms with Crippen molar-refractivity contribution in [2.24, 2.45) is 0 Å². The summed E-state index contributed by atoms with van der Waals surface area (Å²) in [5.74, 6) is 0.237. The lowest BCUT2D eigenvalue weighted by molar-refractivity contribution is 0.130. The highest BCUT2D eigenvalue weighted by molar-refractivity contribution is 7.90. The molecule has 0 saturated carbocycles. The first-order chi connectivity index (χ1) is 8.44. The number of aliphatic hydroxyl groups excluding tert-OH is 1. The van der Waals surface area contributed by atoms with E-state index in [4.69, 9.17) is 0 Å². The van der Waals surface area contributed by atoms with Gasteiger partial charge < -0.3 is 5.11 Å². The number of hydrogen-bond acceptors (Lipinski definition) is 3. The predicted octanol–water partition coefficient (Wildman–Crippen LogP) is 2.37. The Morgan fingerprint density at radius 1 is 1.22 bits per heavy atom. The normalized spacial score (nSPS) is 15.3. The van der Waals surface area contributed by atoms with Crippen molar-refractivity contribution in [1.29, 1.82) is 0 Å². The Bertz CT molecular complexity index is 439. The first-order valence-electron chi connectivity index (χ1n) is 6.34. The molecule has 0 aliphatic heterocycles. The third kappa shape index (κ3) is 5.19. The molecule has 0 radical (unpaired) electrons. The van der Waals surface area contributed by atoms with E-state index in [2.05, 4.69) is 0 Å². The third-order valence-corrected chi connectivity index (χ3v) is 4.18. The zero-order valence-electron chi connectivity index (χ0n) is 11.0. The van der Waals surface area contributed by atoms with E-state index in [1.54, 1.807) is 0 Å². The zero-order chi connectivity index (χ0) is 13.6. The minimum Gasteiger partial charge on any atom is -0.392 e. The average Bonchev–Trinajstić information content (AvgIpc) is 2.29. The SMILES string of the molecule is CCC(c1ccccc1)C(O)CCCS(C)(=O)=O. The molecular weight excluding hydrogens is 248 g/mol. The molecule has 0 heterocycles. The second-order valence-electron chi connectivity index (χ2n) is 4.76. The molecule has 2 unspecified atom stereocenters. The molecule has 0 aliphatic carbocycles. The average molecular weight is 270 g/mol. The van der Waals surface area contributed by atoms with Gasteiger partial charge in [-0.15, -0.1) is 0 Å². The first-order valence-corrected chi connectivity index (χ1v) is 8.41. The molecule has 2 atom stereocenters. The summed E-state index contributed by atoms with van der Waals surface area (Å²) in [4.78, 5) is 0. The number of aliphatic hydroxyl groups is 1. The topological polar surface area (TPSA) is 54.4 Å². The van der Waals surface area contributed by atoms with Gasteiger partial charge in [-0.2, -0.15) is 0 Å². The fourth-order valence-electron chi connectivity index (χ4n) is 2.19. The largest absolute Gasteiger partial charge is 0.392 e. The lowest BCUT2D eigenvalue weighted by atomic mass is 9.89. The second kappa shape index (κ2) is 6.90. The maximum Gasteiger partial charge on any atom is 0.147 e. The van der Waals surface area contributed by atoms with E-state index < -0.39 is 15.9 Å². The lowest BCUT2D eigenvalue weighted by Crippen LogP contribution is -2.19. The Labute approximate surface area is 110 Å². The molecule has 0 aliphatic rings. The van der Waals surface area contributed by atoms with Crippen molar-refractivity contribution in [3.05, 3.63) is 35.9 Å². The molecular formula is C14H22O3S. The van der Waals surface area contributed by atoms with Crippen LogP contribution in [0.2, 0.25) is 0 Å². The molecule has 0 amide bonds. The first kappa shape index (κ1) is 15.2. The lowest BCUT2D eigenvalue weighted by Gasteiger charge is -2.22. The molecule has 1 N–H and O–H groups in total. The fraction of sp³-hybridized carbons (Fsp3) is 0.571. The van der Waals surface area contributed by atoms with Crippen molar-refractivity contribution in [3.63, 3.8) is 0 Å². The van der Waals surface area contributed by atoms with E-state index in [1.165, 1.54) is 6.26 Å². The Morgan fingerprint density at radius 3 is 2.33 bits per heavy atom. The quantitative estimate of drug-likeness (QED) is 0.827. The number of benzene rings is 1. The minimum absolute atomic E-state index is 0.0887. The molecule has 0 spiro atoms. The van der Waals surface area contributed by atoms with E-state index in [0.717, 1.165) is 12.0 Å². The van der Waals surface area contributed by atoms with Crippen LogP contribution in [-0.4, -0.2) is 31.6 Å². The Kier molecular flexibility index (Phi) is 5.82. The highest BCUT2D eigenvalue weighted by Gasteiger charge is 2.19. The van der Waals surface area contributed by atoms with Gasteiger partial charge in [0.15, 0.2) is 0 Å². The fourth-order valence-corrected chi connectivity index (χ4v) is 2.88. The van der Waals surface area contributed by atoms with Crippen LogP contribution in [0.15, 0.2) is 30.3 Å². The van der Waals surface area contributed by atoms with Crippen LogP contribution in [0.1, 0.15) is 37.7 Å². The molecule has 1 aromatic carbocycles. The van der Waals surface area contributed by atoms with Crippen LogP contribution in [0.4, 0.5) is 0 Å². The van der Waals surface area contributed by atoms with Crippen molar-refractivity contribution >= 4 is 9.84 Å². The van der Waals surface area contributed by atoms with Crippen LogP contribution in [0, 0.1) is 0 Å². The molecule has 0 bridgehead atoms. The Hall–Kier alpha value is -0.870. The summed E-state index contributed by atoms with van der Waals surface area (Å²) >= 11 is 0. The van der Waals surface area contributed by atoms with Crippen LogP contribution in [0.25, 0.3) is 0 Å². The van der Waals surface area contributed by atoms with Gasteiger partial charge in [0.25, 0.3) is 0 Å². The number of sulfone groups is 1. The minimum atomic E-state index is -2.93. The summed E-state index contributed by atoms with van der Waals surface area (Å²) < 4.78 is 22.1. The molecule has 0 aromatic heterocycles. The van der Waals surface area contributed by atoms with Crippen LogP contribution in [-0.2, 0) is 9.84 Å². The van der Waals surface area contributed by atoms with Crippen molar-refractivity contribution in [2.75, 3.05) is 12.0 Å². The standard InChI is InChI=1S/C14H22O3S/c1-3-13(12-8-5-4-6-9-12)14(15)10-7-11-18(2,16)17/h4-6,8-9,13-15H,3,7,10-11H2,1-2H3. The van der Waals surface area contributed by atoms with Crippen molar-refractivity contribution in [3.8, 4) is 0 Å². The summed E-state index contributed by atoms with van der Waals surface area (Å²) in [7, 11) is -2.93.